The van der Waals surface area contributed by atoms with E-state index in [4.69, 9.17) is 9.79 Å². The zero-order chi connectivity index (χ0) is 33.0. The number of ketones is 1. The van der Waals surface area contributed by atoms with Crippen LogP contribution in [0.2, 0.25) is 0 Å². The van der Waals surface area contributed by atoms with E-state index in [1.54, 1.807) is 11.0 Å². The molecule has 14 nitrogen and oxygen atoms in total. The van der Waals surface area contributed by atoms with Gasteiger partial charge < -0.3 is 34.9 Å². The molecule has 15 heteroatoms. The summed E-state index contributed by atoms with van der Waals surface area (Å²) >= 11 is 0. The lowest BCUT2D eigenvalue weighted by atomic mass is 9.70. The van der Waals surface area contributed by atoms with Crippen molar-refractivity contribution < 1.29 is 39.0 Å². The molecule has 5 rings (SSSR count). The third kappa shape index (κ3) is 6.27. The van der Waals surface area contributed by atoms with Crippen molar-refractivity contribution in [3.8, 4) is 0 Å². The largest absolute Gasteiger partial charge is 0.469 e. The first kappa shape index (κ1) is 32.8. The first-order valence-electron chi connectivity index (χ1n) is 14.4. The number of hydrogen-bond acceptors (Lipinski definition) is 10. The molecule has 0 aliphatic carbocycles. The number of phosphoric acid groups is 1. The summed E-state index contributed by atoms with van der Waals surface area (Å²) < 4.78 is 15.4. The second kappa shape index (κ2) is 12.0. The van der Waals surface area contributed by atoms with E-state index in [1.807, 2.05) is 58.0 Å². The molecule has 0 bridgehead atoms. The number of rotatable bonds is 10. The van der Waals surface area contributed by atoms with Crippen molar-refractivity contribution in [3.63, 3.8) is 0 Å². The molecule has 0 spiro atoms. The lowest BCUT2D eigenvalue weighted by Gasteiger charge is -2.51. The van der Waals surface area contributed by atoms with E-state index in [2.05, 4.69) is 14.5 Å². The van der Waals surface area contributed by atoms with Crippen LogP contribution < -0.4 is 21.0 Å². The van der Waals surface area contributed by atoms with Crippen molar-refractivity contribution in [2.45, 2.75) is 70.3 Å². The molecule has 45 heavy (non-hydrogen) atoms. The molecular formula is C30H37N4O10P. The molecule has 4 atom stereocenters. The van der Waals surface area contributed by atoms with E-state index in [-0.39, 0.29) is 23.7 Å². The van der Waals surface area contributed by atoms with Crippen molar-refractivity contribution in [3.05, 3.63) is 79.5 Å². The second-order valence-corrected chi connectivity index (χ2v) is 13.5. The highest BCUT2D eigenvalue weighted by Gasteiger charge is 2.49. The molecule has 2 aliphatic heterocycles. The van der Waals surface area contributed by atoms with E-state index < -0.39 is 62.0 Å². The van der Waals surface area contributed by atoms with Crippen LogP contribution >= 0.6 is 7.82 Å². The number of benzene rings is 2. The minimum absolute atomic E-state index is 0.0272. The first-order valence-corrected chi connectivity index (χ1v) is 15.9. The maximum atomic E-state index is 14.1. The Balaban J connectivity index is 1.66. The fraction of sp³-hybridized carbons (Fsp3) is 0.433. The number of carbonyl (C=O) groups is 1. The van der Waals surface area contributed by atoms with Crippen LogP contribution in [0.3, 0.4) is 0 Å². The number of aliphatic hydroxyl groups excluding tert-OH is 3. The van der Waals surface area contributed by atoms with Gasteiger partial charge in [0.2, 0.25) is 0 Å². The average molecular weight is 645 g/mol. The Morgan fingerprint density at radius 2 is 1.73 bits per heavy atom. The van der Waals surface area contributed by atoms with Gasteiger partial charge in [-0.25, -0.2) is 9.36 Å². The number of nitrogens with zero attached hydrogens (tertiary/aromatic N) is 2. The normalized spacial score (nSPS) is 19.0. The minimum Gasteiger partial charge on any atom is -0.388 e. The van der Waals surface area contributed by atoms with Crippen molar-refractivity contribution in [1.82, 2.24) is 9.97 Å². The molecule has 0 fully saturated rings. The van der Waals surface area contributed by atoms with Gasteiger partial charge in [0.1, 0.15) is 29.8 Å². The Morgan fingerprint density at radius 1 is 1.07 bits per heavy atom. The van der Waals surface area contributed by atoms with Gasteiger partial charge in [0.15, 0.2) is 5.78 Å². The highest BCUT2D eigenvalue weighted by Crippen LogP contribution is 2.56. The number of Topliss-reactive ketones (excluding diaryl/α,β-unsaturated/α-hetero) is 1. The quantitative estimate of drug-likeness (QED) is 0.156. The summed E-state index contributed by atoms with van der Waals surface area (Å²) in [5.74, 6) is -0.174. The number of β-amino-alcohol motifs (C(OH)–C–C–N with tert-alkyl or cyclic N) is 1. The van der Waals surface area contributed by atoms with E-state index in [0.717, 1.165) is 22.3 Å². The predicted molar refractivity (Wildman–Crippen MR) is 165 cm³/mol. The van der Waals surface area contributed by atoms with Gasteiger partial charge in [0.25, 0.3) is 5.56 Å². The molecule has 0 amide bonds. The maximum absolute atomic E-state index is 14.1. The van der Waals surface area contributed by atoms with Crippen LogP contribution in [0, 0.1) is 13.8 Å². The number of aryl methyl sites for hydroxylation is 1. The standard InChI is InChI=1S/C30H37N4O10P/c1-15-10-18-24-23(16(15)2)30(3,4)12-19(20(35)11-17-8-6-5-7-9-17)34(24)25-27(31-29(40)32-28(25)39)33(18)13-21(36)26(38)22(37)14-44-45(41,42)43/h5-10,19,21-22,26,36-38H,11-14H2,1-4H3,(H2,41,42,43)(H2,31,32,39,40)/t19-,21-,22+,26-/m0/s1. The lowest BCUT2D eigenvalue weighted by Crippen LogP contribution is -2.54. The first-order chi connectivity index (χ1) is 21.0. The van der Waals surface area contributed by atoms with Gasteiger partial charge in [-0.05, 0) is 54.0 Å². The van der Waals surface area contributed by atoms with Gasteiger partial charge in [-0.3, -0.25) is 24.1 Å². The monoisotopic (exact) mass is 644 g/mol. The number of hydrogen-bond donors (Lipinski definition) is 7. The maximum Gasteiger partial charge on any atom is 0.469 e. The van der Waals surface area contributed by atoms with E-state index in [1.165, 1.54) is 4.90 Å². The number of anilines is 4. The summed E-state index contributed by atoms with van der Waals surface area (Å²) in [4.78, 5) is 66.2. The van der Waals surface area contributed by atoms with Gasteiger partial charge in [0.05, 0.1) is 30.6 Å². The number of aromatic amines is 2. The predicted octanol–water partition coefficient (Wildman–Crippen LogP) is 1.32. The number of nitrogens with one attached hydrogen (secondary N) is 2. The molecule has 0 saturated heterocycles. The Labute approximate surface area is 258 Å². The van der Waals surface area contributed by atoms with Crippen molar-refractivity contribution in [1.29, 1.82) is 0 Å². The van der Waals surface area contributed by atoms with Crippen LogP contribution in [0.1, 0.15) is 42.5 Å². The molecule has 0 radical (unpaired) electrons. The number of aliphatic hydroxyl groups is 3. The number of carbonyl (C=O) groups excluding carboxylic acids is 1. The molecule has 1 aromatic heterocycles. The van der Waals surface area contributed by atoms with Gasteiger partial charge in [-0.1, -0.05) is 44.2 Å². The average Bonchev–Trinajstić information content (AvgIpc) is 2.95. The molecule has 3 heterocycles. The molecule has 242 valence electrons. The molecule has 2 aliphatic rings. The van der Waals surface area contributed by atoms with Crippen LogP contribution in [-0.4, -0.2) is 78.4 Å². The van der Waals surface area contributed by atoms with E-state index in [0.29, 0.717) is 17.8 Å². The smallest absolute Gasteiger partial charge is 0.388 e. The van der Waals surface area contributed by atoms with Crippen molar-refractivity contribution in [2.75, 3.05) is 23.0 Å². The van der Waals surface area contributed by atoms with Crippen molar-refractivity contribution >= 4 is 36.5 Å². The van der Waals surface area contributed by atoms with E-state index >= 15 is 0 Å². The number of phosphoric ester groups is 1. The van der Waals surface area contributed by atoms with Gasteiger partial charge in [-0.15, -0.1) is 0 Å². The molecule has 0 saturated carbocycles. The lowest BCUT2D eigenvalue weighted by molar-refractivity contribution is -0.120. The van der Waals surface area contributed by atoms with Crippen LogP contribution in [0.15, 0.2) is 46.0 Å². The fourth-order valence-electron chi connectivity index (χ4n) is 6.46. The van der Waals surface area contributed by atoms with Crippen LogP contribution in [0.4, 0.5) is 22.9 Å². The summed E-state index contributed by atoms with van der Waals surface area (Å²) in [6, 6.07) is 10.2. The highest BCUT2D eigenvalue weighted by atomic mass is 31.2. The Bertz CT molecular complexity index is 1780. The van der Waals surface area contributed by atoms with Crippen LogP contribution in [-0.2, 0) is 25.7 Å². The Hall–Kier alpha value is -3.62. The topological polar surface area (TPSA) is 217 Å². The van der Waals surface area contributed by atoms with Gasteiger partial charge in [-0.2, -0.15) is 0 Å². The third-order valence-corrected chi connectivity index (χ3v) is 9.08. The molecule has 7 N–H and O–H groups in total. The highest BCUT2D eigenvalue weighted by molar-refractivity contribution is 7.46. The van der Waals surface area contributed by atoms with Gasteiger partial charge in [0, 0.05) is 6.42 Å². The zero-order valence-corrected chi connectivity index (χ0v) is 26.1. The summed E-state index contributed by atoms with van der Waals surface area (Å²) in [5, 5.41) is 32.0. The van der Waals surface area contributed by atoms with E-state index in [9.17, 15) is 34.3 Å². The van der Waals surface area contributed by atoms with Crippen molar-refractivity contribution in [2.24, 2.45) is 0 Å². The third-order valence-electron chi connectivity index (χ3n) is 8.60. The summed E-state index contributed by atoms with van der Waals surface area (Å²) in [7, 11) is -4.97. The Kier molecular flexibility index (Phi) is 8.70. The number of fused-ring (bicyclic) bond motifs is 2. The van der Waals surface area contributed by atoms with Crippen LogP contribution in [0.25, 0.3) is 0 Å². The summed E-state index contributed by atoms with van der Waals surface area (Å²) in [5.41, 5.74) is 2.26. The second-order valence-electron chi connectivity index (χ2n) is 12.3. The number of aromatic nitrogens is 2. The molecular weight excluding hydrogens is 607 g/mol. The molecule has 0 unspecified atom stereocenters. The zero-order valence-electron chi connectivity index (χ0n) is 25.2. The minimum atomic E-state index is -4.97. The van der Waals surface area contributed by atoms with Gasteiger partial charge >= 0.3 is 13.5 Å². The fourth-order valence-corrected chi connectivity index (χ4v) is 6.80. The number of H-pyrrole nitrogens is 2. The Morgan fingerprint density at radius 3 is 2.38 bits per heavy atom. The molecule has 2 aromatic carbocycles. The summed E-state index contributed by atoms with van der Waals surface area (Å²) in [6.07, 6.45) is -5.12. The SMILES string of the molecule is Cc1cc2c3c(c1C)C(C)(C)C[C@@H](C(=O)Cc1ccccc1)N3c1c([nH]c(=O)[nH]c1=O)N2C[C@H](O)[C@H](O)[C@H](O)COP(=O)(O)O. The van der Waals surface area contributed by atoms with Crippen LogP contribution in [0.5, 0.6) is 0 Å². The summed E-state index contributed by atoms with van der Waals surface area (Å²) in [6.45, 7) is 6.43. The molecule has 3 aromatic rings.